The van der Waals surface area contributed by atoms with Crippen molar-refractivity contribution in [3.05, 3.63) is 29.3 Å². The Kier molecular flexibility index (Phi) is 3.88. The quantitative estimate of drug-likeness (QED) is 0.597. The molecule has 0 atom stereocenters. The normalized spacial score (nSPS) is 12.8. The van der Waals surface area contributed by atoms with E-state index in [1.807, 2.05) is 0 Å². The van der Waals surface area contributed by atoms with Crippen molar-refractivity contribution in [1.82, 2.24) is 0 Å². The molecule has 0 heterocycles. The molecule has 0 unspecified atom stereocenters. The van der Waals surface area contributed by atoms with Crippen LogP contribution in [0.5, 0.6) is 0 Å². The second-order valence-electron chi connectivity index (χ2n) is 3.22. The summed E-state index contributed by atoms with van der Waals surface area (Å²) in [6, 6.07) is 3.08. The van der Waals surface area contributed by atoms with Crippen LogP contribution in [0, 0.1) is 0 Å². The van der Waals surface area contributed by atoms with Crippen LogP contribution in [0.3, 0.4) is 0 Å². The summed E-state index contributed by atoms with van der Waals surface area (Å²) in [5.41, 5.74) is -0.801. The summed E-state index contributed by atoms with van der Waals surface area (Å²) in [5.74, 6) is 0. The zero-order chi connectivity index (χ0) is 12.6. The minimum absolute atomic E-state index is 0.0838. The minimum atomic E-state index is -4.53. The van der Waals surface area contributed by atoms with E-state index < -0.39 is 21.6 Å². The predicted molar refractivity (Wildman–Crippen MR) is 62.3 cm³/mol. The highest BCUT2D eigenvalue weighted by atomic mass is 127. The summed E-state index contributed by atoms with van der Waals surface area (Å²) in [5, 5.41) is 0. The summed E-state index contributed by atoms with van der Waals surface area (Å²) < 4.78 is 60.3. The van der Waals surface area contributed by atoms with E-state index in [2.05, 4.69) is 0 Å². The molecule has 0 saturated heterocycles. The number of alkyl halides is 4. The fraction of sp³-hybridized carbons (Fsp3) is 0.333. The Hall–Kier alpha value is -0.310. The van der Waals surface area contributed by atoms with Gasteiger partial charge in [-0.2, -0.15) is 13.2 Å². The van der Waals surface area contributed by atoms with Crippen molar-refractivity contribution in [1.29, 1.82) is 0 Å². The Morgan fingerprint density at radius 2 is 1.88 bits per heavy atom. The van der Waals surface area contributed by atoms with Crippen molar-refractivity contribution in [2.45, 2.75) is 15.5 Å². The van der Waals surface area contributed by atoms with Gasteiger partial charge in [0.05, 0.1) is 10.5 Å². The second-order valence-corrected chi connectivity index (χ2v) is 6.00. The van der Waals surface area contributed by atoms with Crippen LogP contribution in [0.4, 0.5) is 13.2 Å². The third-order valence-electron chi connectivity index (χ3n) is 1.96. The minimum Gasteiger partial charge on any atom is -0.224 e. The number of rotatable bonds is 2. The predicted octanol–water partition coefficient (Wildman–Crippen LogP) is 3.04. The van der Waals surface area contributed by atoms with Crippen LogP contribution in [0.1, 0.15) is 11.1 Å². The molecule has 16 heavy (non-hydrogen) atoms. The maximum atomic E-state index is 12.6. The van der Waals surface area contributed by atoms with Crippen molar-refractivity contribution in [2.75, 3.05) is 6.26 Å². The zero-order valence-electron chi connectivity index (χ0n) is 8.18. The van der Waals surface area contributed by atoms with E-state index in [1.54, 1.807) is 22.6 Å². The fourth-order valence-corrected chi connectivity index (χ4v) is 2.48. The van der Waals surface area contributed by atoms with E-state index in [9.17, 15) is 21.6 Å². The smallest absolute Gasteiger partial charge is 0.224 e. The topological polar surface area (TPSA) is 34.1 Å². The summed E-state index contributed by atoms with van der Waals surface area (Å²) in [6.07, 6.45) is -3.65. The molecule has 7 heteroatoms. The molecule has 1 aromatic rings. The molecule has 1 aromatic carbocycles. The molecule has 90 valence electrons. The first-order valence-corrected chi connectivity index (χ1v) is 7.54. The van der Waals surface area contributed by atoms with Crippen LogP contribution in [-0.2, 0) is 20.4 Å². The first-order valence-electron chi connectivity index (χ1n) is 4.12. The Bertz CT molecular complexity index is 494. The number of sulfone groups is 1. The molecule has 0 fully saturated rings. The lowest BCUT2D eigenvalue weighted by Crippen LogP contribution is -2.10. The molecular formula is C9H8F3IO2S. The average Bonchev–Trinajstić information content (AvgIpc) is 2.14. The molecular weight excluding hydrogens is 356 g/mol. The maximum absolute atomic E-state index is 12.6. The lowest BCUT2D eigenvalue weighted by molar-refractivity contribution is -0.138. The fourth-order valence-electron chi connectivity index (χ4n) is 1.17. The molecule has 0 amide bonds. The van der Waals surface area contributed by atoms with Crippen molar-refractivity contribution < 1.29 is 21.6 Å². The number of hydrogen-bond acceptors (Lipinski definition) is 2. The maximum Gasteiger partial charge on any atom is 0.416 e. The van der Waals surface area contributed by atoms with Crippen LogP contribution in [0.25, 0.3) is 0 Å². The van der Waals surface area contributed by atoms with Gasteiger partial charge in [-0.3, -0.25) is 0 Å². The Morgan fingerprint density at radius 3 is 2.25 bits per heavy atom. The third-order valence-corrected chi connectivity index (χ3v) is 3.89. The van der Waals surface area contributed by atoms with Crippen LogP contribution in [0.15, 0.2) is 23.1 Å². The van der Waals surface area contributed by atoms with Crippen molar-refractivity contribution in [3.63, 3.8) is 0 Å². The van der Waals surface area contributed by atoms with E-state index in [4.69, 9.17) is 0 Å². The molecule has 0 aliphatic carbocycles. The van der Waals surface area contributed by atoms with Gasteiger partial charge in [0.2, 0.25) is 0 Å². The standard InChI is InChI=1S/C9H8F3IO2S/c1-16(14,15)7-3-2-6(5-13)8(4-7)9(10,11)12/h2-4H,5H2,1H3. The molecule has 0 aromatic heterocycles. The van der Waals surface area contributed by atoms with E-state index in [1.165, 1.54) is 12.1 Å². The number of halogens is 4. The van der Waals surface area contributed by atoms with Gasteiger partial charge in [0, 0.05) is 10.7 Å². The molecule has 0 radical (unpaired) electrons. The van der Waals surface area contributed by atoms with Gasteiger partial charge in [-0.05, 0) is 17.7 Å². The molecule has 0 bridgehead atoms. The van der Waals surface area contributed by atoms with Crippen molar-refractivity contribution in [3.8, 4) is 0 Å². The summed E-state index contributed by atoms with van der Waals surface area (Å²) in [6.45, 7) is 0. The lowest BCUT2D eigenvalue weighted by atomic mass is 10.1. The SMILES string of the molecule is CS(=O)(=O)c1ccc(CI)c(C(F)(F)F)c1. The first-order chi connectivity index (χ1) is 7.16. The molecule has 0 aliphatic rings. The highest BCUT2D eigenvalue weighted by Gasteiger charge is 2.33. The van der Waals surface area contributed by atoms with Crippen LogP contribution in [-0.4, -0.2) is 14.7 Å². The highest BCUT2D eigenvalue weighted by Crippen LogP contribution is 2.34. The Balaban J connectivity index is 3.45. The molecule has 1 rings (SSSR count). The van der Waals surface area contributed by atoms with Gasteiger partial charge in [-0.15, -0.1) is 0 Å². The molecule has 0 spiro atoms. The van der Waals surface area contributed by atoms with Gasteiger partial charge in [0.25, 0.3) is 0 Å². The van der Waals surface area contributed by atoms with Crippen molar-refractivity contribution >= 4 is 32.4 Å². The summed E-state index contributed by atoms with van der Waals surface area (Å²) >= 11 is 1.80. The van der Waals surface area contributed by atoms with Gasteiger partial charge < -0.3 is 0 Å². The van der Waals surface area contributed by atoms with E-state index in [0.717, 1.165) is 6.26 Å². The van der Waals surface area contributed by atoms with Gasteiger partial charge in [0.1, 0.15) is 0 Å². The molecule has 0 aliphatic heterocycles. The van der Waals surface area contributed by atoms with Gasteiger partial charge in [0.15, 0.2) is 9.84 Å². The summed E-state index contributed by atoms with van der Waals surface area (Å²) in [7, 11) is -3.61. The lowest BCUT2D eigenvalue weighted by Gasteiger charge is -2.12. The van der Waals surface area contributed by atoms with Crippen LogP contribution in [0.2, 0.25) is 0 Å². The molecule has 0 N–H and O–H groups in total. The summed E-state index contributed by atoms with van der Waals surface area (Å²) in [4.78, 5) is -0.312. The average molecular weight is 364 g/mol. The monoisotopic (exact) mass is 364 g/mol. The first kappa shape index (κ1) is 13.8. The number of benzene rings is 1. The van der Waals surface area contributed by atoms with E-state index in [-0.39, 0.29) is 14.9 Å². The van der Waals surface area contributed by atoms with E-state index >= 15 is 0 Å². The van der Waals surface area contributed by atoms with Crippen LogP contribution < -0.4 is 0 Å². The highest BCUT2D eigenvalue weighted by molar-refractivity contribution is 14.1. The van der Waals surface area contributed by atoms with Gasteiger partial charge >= 0.3 is 6.18 Å². The molecule has 0 saturated carbocycles. The largest absolute Gasteiger partial charge is 0.416 e. The second kappa shape index (κ2) is 4.52. The van der Waals surface area contributed by atoms with E-state index in [0.29, 0.717) is 6.07 Å². The number of hydrogen-bond donors (Lipinski definition) is 0. The Morgan fingerprint density at radius 1 is 1.31 bits per heavy atom. The van der Waals surface area contributed by atoms with Gasteiger partial charge in [-0.1, -0.05) is 28.7 Å². The Labute approximate surface area is 105 Å². The van der Waals surface area contributed by atoms with Crippen LogP contribution >= 0.6 is 22.6 Å². The van der Waals surface area contributed by atoms with Crippen molar-refractivity contribution in [2.24, 2.45) is 0 Å². The molecule has 2 nitrogen and oxygen atoms in total. The van der Waals surface area contributed by atoms with Gasteiger partial charge in [-0.25, -0.2) is 8.42 Å². The third kappa shape index (κ3) is 3.09. The zero-order valence-corrected chi connectivity index (χ0v) is 11.1.